The molecular formula is C11H16S2. The van der Waals surface area contributed by atoms with Crippen LogP contribution in [0.25, 0.3) is 0 Å². The maximum atomic E-state index is 4.55. The Balaban J connectivity index is 3.05. The molecule has 0 aliphatic heterocycles. The molecule has 0 aliphatic carbocycles. The summed E-state index contributed by atoms with van der Waals surface area (Å²) in [5.41, 5.74) is 2.72. The minimum absolute atomic E-state index is 0.365. The van der Waals surface area contributed by atoms with Crippen molar-refractivity contribution in [3.8, 4) is 0 Å². The van der Waals surface area contributed by atoms with E-state index in [1.54, 1.807) is 0 Å². The van der Waals surface area contributed by atoms with E-state index in [0.717, 1.165) is 17.7 Å². The minimum Gasteiger partial charge on any atom is -0.171 e. The minimum atomic E-state index is 0.365. The van der Waals surface area contributed by atoms with Crippen molar-refractivity contribution in [1.82, 2.24) is 0 Å². The molecule has 1 rings (SSSR count). The third-order valence-electron chi connectivity index (χ3n) is 2.25. The molecule has 1 aromatic rings. The van der Waals surface area contributed by atoms with E-state index in [9.17, 15) is 0 Å². The number of thiol groups is 2. The monoisotopic (exact) mass is 212 g/mol. The maximum absolute atomic E-state index is 4.55. The lowest BCUT2D eigenvalue weighted by Gasteiger charge is -2.13. The Morgan fingerprint density at radius 3 is 2.54 bits per heavy atom. The number of hydrogen-bond acceptors (Lipinski definition) is 2. The van der Waals surface area contributed by atoms with Gasteiger partial charge in [-0.2, -0.15) is 12.6 Å². The lowest BCUT2D eigenvalue weighted by atomic mass is 10.0. The molecule has 2 heteroatoms. The van der Waals surface area contributed by atoms with Crippen LogP contribution in [0.2, 0.25) is 0 Å². The van der Waals surface area contributed by atoms with Gasteiger partial charge in [0.15, 0.2) is 0 Å². The predicted octanol–water partition coefficient (Wildman–Crippen LogP) is 3.92. The van der Waals surface area contributed by atoms with E-state index in [0.29, 0.717) is 5.25 Å². The van der Waals surface area contributed by atoms with Crippen LogP contribution in [-0.4, -0.2) is 0 Å². The van der Waals surface area contributed by atoms with Gasteiger partial charge in [0.05, 0.1) is 0 Å². The van der Waals surface area contributed by atoms with Crippen LogP contribution in [0.15, 0.2) is 23.1 Å². The Kier molecular flexibility index (Phi) is 4.20. The van der Waals surface area contributed by atoms with Gasteiger partial charge in [-0.25, -0.2) is 0 Å². The van der Waals surface area contributed by atoms with Crippen LogP contribution in [0.1, 0.15) is 36.6 Å². The van der Waals surface area contributed by atoms with Crippen LogP contribution in [0.4, 0.5) is 0 Å². The normalized spacial score (nSPS) is 12.9. The molecule has 0 N–H and O–H groups in total. The van der Waals surface area contributed by atoms with Gasteiger partial charge in [0, 0.05) is 10.1 Å². The predicted molar refractivity (Wildman–Crippen MR) is 65.1 cm³/mol. The molecule has 0 heterocycles. The summed E-state index contributed by atoms with van der Waals surface area (Å²) in [6.45, 7) is 4.33. The topological polar surface area (TPSA) is 0 Å². The number of hydrogen-bond donors (Lipinski definition) is 2. The smallest absolute Gasteiger partial charge is 0.0267 e. The van der Waals surface area contributed by atoms with Crippen LogP contribution in [0, 0.1) is 0 Å². The number of rotatable bonds is 3. The van der Waals surface area contributed by atoms with Crippen LogP contribution in [-0.2, 0) is 6.42 Å². The lowest BCUT2D eigenvalue weighted by molar-refractivity contribution is 0.879. The largest absolute Gasteiger partial charge is 0.171 e. The van der Waals surface area contributed by atoms with Gasteiger partial charge in [-0.1, -0.05) is 19.9 Å². The molecule has 0 radical (unpaired) electrons. The van der Waals surface area contributed by atoms with E-state index < -0.39 is 0 Å². The zero-order valence-corrected chi connectivity index (χ0v) is 9.91. The molecular weight excluding hydrogens is 196 g/mol. The van der Waals surface area contributed by atoms with Crippen molar-refractivity contribution < 1.29 is 0 Å². The molecule has 1 unspecified atom stereocenters. The summed E-state index contributed by atoms with van der Waals surface area (Å²) >= 11 is 8.88. The maximum Gasteiger partial charge on any atom is 0.0267 e. The van der Waals surface area contributed by atoms with Gasteiger partial charge >= 0.3 is 0 Å². The molecule has 0 nitrogen and oxygen atoms in total. The highest BCUT2D eigenvalue weighted by Crippen LogP contribution is 2.28. The fourth-order valence-electron chi connectivity index (χ4n) is 1.44. The summed E-state index contributed by atoms with van der Waals surface area (Å²) in [5, 5.41) is 0.365. The second-order valence-corrected chi connectivity index (χ2v) is 4.30. The molecule has 0 spiro atoms. The highest BCUT2D eigenvalue weighted by atomic mass is 32.1. The number of benzene rings is 1. The summed E-state index contributed by atoms with van der Waals surface area (Å²) < 4.78 is 0. The third-order valence-corrected chi connectivity index (χ3v) is 3.17. The second kappa shape index (κ2) is 4.97. The van der Waals surface area contributed by atoms with Crippen LogP contribution in [0.5, 0.6) is 0 Å². The molecule has 0 aliphatic rings. The Hall–Kier alpha value is -0.0800. The summed E-state index contributed by atoms with van der Waals surface area (Å²) in [4.78, 5) is 1.04. The quantitative estimate of drug-likeness (QED) is 0.697. The first-order chi connectivity index (χ1) is 6.19. The average molecular weight is 212 g/mol. The first-order valence-corrected chi connectivity index (χ1v) is 5.65. The molecule has 0 fully saturated rings. The Morgan fingerprint density at radius 1 is 1.31 bits per heavy atom. The third kappa shape index (κ3) is 2.68. The highest BCUT2D eigenvalue weighted by Gasteiger charge is 2.08. The van der Waals surface area contributed by atoms with Crippen LogP contribution < -0.4 is 0 Å². The van der Waals surface area contributed by atoms with E-state index >= 15 is 0 Å². The molecule has 13 heavy (non-hydrogen) atoms. The Bertz CT molecular complexity index is 281. The first kappa shape index (κ1) is 11.0. The Morgan fingerprint density at radius 2 is 2.00 bits per heavy atom. The van der Waals surface area contributed by atoms with Gasteiger partial charge in [-0.15, -0.1) is 12.6 Å². The summed E-state index contributed by atoms with van der Waals surface area (Å²) in [5.74, 6) is 0. The van der Waals surface area contributed by atoms with Crippen molar-refractivity contribution in [2.75, 3.05) is 0 Å². The molecule has 0 amide bonds. The SMILES string of the molecule is CCc1cc(S)ccc1C(S)CC. The molecule has 1 atom stereocenters. The molecule has 0 aromatic heterocycles. The highest BCUT2D eigenvalue weighted by molar-refractivity contribution is 7.80. The summed E-state index contributed by atoms with van der Waals surface area (Å²) in [6.07, 6.45) is 2.13. The lowest BCUT2D eigenvalue weighted by Crippen LogP contribution is -1.95. The van der Waals surface area contributed by atoms with Crippen molar-refractivity contribution in [1.29, 1.82) is 0 Å². The van der Waals surface area contributed by atoms with E-state index in [1.807, 2.05) is 6.07 Å². The molecule has 1 aromatic carbocycles. The van der Waals surface area contributed by atoms with Crippen molar-refractivity contribution in [3.63, 3.8) is 0 Å². The van der Waals surface area contributed by atoms with Gasteiger partial charge in [0.25, 0.3) is 0 Å². The average Bonchev–Trinajstić information content (AvgIpc) is 2.16. The fourth-order valence-corrected chi connectivity index (χ4v) is 1.93. The Labute approximate surface area is 91.6 Å². The molecule has 0 saturated heterocycles. The summed E-state index contributed by atoms with van der Waals surface area (Å²) in [6, 6.07) is 6.32. The molecule has 72 valence electrons. The van der Waals surface area contributed by atoms with Gasteiger partial charge in [-0.3, -0.25) is 0 Å². The van der Waals surface area contributed by atoms with Crippen molar-refractivity contribution >= 4 is 25.3 Å². The second-order valence-electron chi connectivity index (χ2n) is 3.16. The van der Waals surface area contributed by atoms with E-state index in [1.165, 1.54) is 11.1 Å². The van der Waals surface area contributed by atoms with Crippen LogP contribution in [0.3, 0.4) is 0 Å². The van der Waals surface area contributed by atoms with Crippen LogP contribution >= 0.6 is 25.3 Å². The van der Waals surface area contributed by atoms with Crippen molar-refractivity contribution in [3.05, 3.63) is 29.3 Å². The standard InChI is InChI=1S/C11H16S2/c1-3-8-7-9(12)5-6-10(8)11(13)4-2/h5-7,11-13H,3-4H2,1-2H3. The zero-order valence-electron chi connectivity index (χ0n) is 8.12. The van der Waals surface area contributed by atoms with Gasteiger partial charge < -0.3 is 0 Å². The van der Waals surface area contributed by atoms with Crippen molar-refractivity contribution in [2.24, 2.45) is 0 Å². The first-order valence-electron chi connectivity index (χ1n) is 4.68. The van der Waals surface area contributed by atoms with E-state index in [2.05, 4.69) is 51.2 Å². The van der Waals surface area contributed by atoms with Gasteiger partial charge in [-0.05, 0) is 36.1 Å². The fraction of sp³-hybridized carbons (Fsp3) is 0.455. The molecule has 0 bridgehead atoms. The van der Waals surface area contributed by atoms with E-state index in [-0.39, 0.29) is 0 Å². The zero-order chi connectivity index (χ0) is 9.84. The summed E-state index contributed by atoms with van der Waals surface area (Å²) in [7, 11) is 0. The van der Waals surface area contributed by atoms with Crippen molar-refractivity contribution in [2.45, 2.75) is 36.8 Å². The van der Waals surface area contributed by atoms with Gasteiger partial charge in [0.1, 0.15) is 0 Å². The van der Waals surface area contributed by atoms with E-state index in [4.69, 9.17) is 0 Å². The number of aryl methyl sites for hydroxylation is 1. The van der Waals surface area contributed by atoms with Gasteiger partial charge in [0.2, 0.25) is 0 Å². The molecule has 0 saturated carbocycles.